The summed E-state index contributed by atoms with van der Waals surface area (Å²) in [6.45, 7) is 20.4. The molecule has 1 fully saturated rings. The highest BCUT2D eigenvalue weighted by Crippen LogP contribution is 2.52. The van der Waals surface area contributed by atoms with E-state index in [1.54, 1.807) is 14.2 Å². The van der Waals surface area contributed by atoms with E-state index in [0.29, 0.717) is 13.0 Å². The molecule has 0 aromatic carbocycles. The lowest BCUT2D eigenvalue weighted by molar-refractivity contribution is -0.251. The molecule has 0 amide bonds. The number of unbranched alkanes of at least 4 members (excludes halogenated alkanes) is 4. The third-order valence-electron chi connectivity index (χ3n) is 7.86. The van der Waals surface area contributed by atoms with E-state index in [4.69, 9.17) is 38.4 Å². The summed E-state index contributed by atoms with van der Waals surface area (Å²) in [5.41, 5.74) is 2.59. The Bertz CT molecular complexity index is 816. The van der Waals surface area contributed by atoms with Crippen LogP contribution in [0.5, 0.6) is 0 Å². The lowest BCUT2D eigenvalue weighted by atomic mass is 9.97. The van der Waals surface area contributed by atoms with Gasteiger partial charge >= 0.3 is 7.82 Å². The van der Waals surface area contributed by atoms with Crippen LogP contribution < -0.4 is 5.73 Å². The number of rotatable bonds is 24. The molecule has 0 bridgehead atoms. The molecule has 0 aliphatic carbocycles. The van der Waals surface area contributed by atoms with Gasteiger partial charge in [-0.3, -0.25) is 13.6 Å². The van der Waals surface area contributed by atoms with Gasteiger partial charge in [-0.1, -0.05) is 72.0 Å². The molecule has 0 spiro atoms. The Morgan fingerprint density at radius 3 is 2.21 bits per heavy atom. The zero-order valence-corrected chi connectivity index (χ0v) is 29.3. The second kappa shape index (κ2) is 19.8. The minimum Gasteiger partial charge on any atom is -0.391 e. The summed E-state index contributed by atoms with van der Waals surface area (Å²) in [6.07, 6.45) is 7.00. The van der Waals surface area contributed by atoms with Crippen molar-refractivity contribution >= 4 is 16.1 Å². The minimum absolute atomic E-state index is 0.0234. The van der Waals surface area contributed by atoms with Gasteiger partial charge in [0.05, 0.1) is 32.0 Å². The van der Waals surface area contributed by atoms with Gasteiger partial charge in [0, 0.05) is 20.8 Å². The summed E-state index contributed by atoms with van der Waals surface area (Å²) in [5, 5.41) is -0.112. The molecule has 0 radical (unpaired) electrons. The first-order chi connectivity index (χ1) is 20.3. The number of phosphoric acid groups is 1. The number of nitrogens with two attached hydrogens (primary N) is 1. The van der Waals surface area contributed by atoms with Crippen molar-refractivity contribution in [2.75, 3.05) is 40.6 Å². The minimum atomic E-state index is -4.13. The van der Waals surface area contributed by atoms with Gasteiger partial charge in [-0.15, -0.1) is 13.2 Å². The standard InChI is InChI=1S/C30H60NO9PSi/c1-11-14-15-16-17-18-24(34-8)19-22-35-28-26(31)29(40-42(9,10)30(4,5)6)38-25(23-33-7)27(28)39-41(32,36-20-12-2)37-21-13-3/h12-13,24-29H,2-3,11,14-23,31H2,1,4-10H3/t24-,25-,26-,27?,28-,29+/m1/s1/i/hT. The molecule has 1 aliphatic heterocycles. The first kappa shape index (κ1) is 37.8. The van der Waals surface area contributed by atoms with Crippen LogP contribution in [0.2, 0.25) is 19.5 Å². The van der Waals surface area contributed by atoms with Gasteiger partial charge in [-0.2, -0.15) is 0 Å². The van der Waals surface area contributed by atoms with Gasteiger partial charge in [0.25, 0.3) is 0 Å². The number of hydrogen-bond donors (Lipinski definition) is 1. The summed E-state index contributed by atoms with van der Waals surface area (Å²) < 4.78 is 69.9. The van der Waals surface area contributed by atoms with Crippen LogP contribution in [0.1, 0.15) is 72.6 Å². The van der Waals surface area contributed by atoms with E-state index in [0.717, 1.165) is 12.8 Å². The first-order valence-electron chi connectivity index (χ1n) is 15.8. The predicted molar refractivity (Wildman–Crippen MR) is 170 cm³/mol. The Balaban J connectivity index is 3.33. The Labute approximate surface area is 258 Å². The largest absolute Gasteiger partial charge is 0.475 e. The fourth-order valence-corrected chi connectivity index (χ4v) is 6.79. The molecule has 1 saturated heterocycles. The summed E-state index contributed by atoms with van der Waals surface area (Å²) in [5.74, 6) is 0. The van der Waals surface area contributed by atoms with Crippen LogP contribution in [0.3, 0.4) is 0 Å². The second-order valence-electron chi connectivity index (χ2n) is 12.3. The van der Waals surface area contributed by atoms with Crippen molar-refractivity contribution in [1.82, 2.24) is 0 Å². The molecular formula is C30H60NO9PSi. The van der Waals surface area contributed by atoms with E-state index >= 15 is 0 Å². The van der Waals surface area contributed by atoms with E-state index in [1.807, 2.05) is 0 Å². The zero-order chi connectivity index (χ0) is 32.5. The van der Waals surface area contributed by atoms with Gasteiger partial charge in [0.1, 0.15) is 19.7 Å². The van der Waals surface area contributed by atoms with Crippen LogP contribution in [-0.2, 0) is 41.5 Å². The van der Waals surface area contributed by atoms with Crippen LogP contribution in [0, 0.1) is 0 Å². The maximum atomic E-state index is 13.7. The van der Waals surface area contributed by atoms with Crippen LogP contribution in [0.4, 0.5) is 0 Å². The summed E-state index contributed by atoms with van der Waals surface area (Å²) in [6, 6.07) is -0.783. The van der Waals surface area contributed by atoms with Gasteiger partial charge in [-0.05, 0) is 31.0 Å². The number of ether oxygens (including phenoxy) is 4. The van der Waals surface area contributed by atoms with Crippen molar-refractivity contribution in [1.29, 1.82) is 0 Å². The fourth-order valence-electron chi connectivity index (χ4n) is 4.32. The molecule has 0 saturated carbocycles. The maximum absolute atomic E-state index is 13.7. The molecule has 2 N–H and O–H groups in total. The maximum Gasteiger partial charge on any atom is 0.475 e. The Hall–Kier alpha value is -0.433. The molecule has 6 atom stereocenters. The topological polar surface area (TPSA) is 117 Å². The third kappa shape index (κ3) is 13.3. The van der Waals surface area contributed by atoms with E-state index in [9.17, 15) is 4.57 Å². The average molecular weight is 640 g/mol. The predicted octanol–water partition coefficient (Wildman–Crippen LogP) is 6.76. The van der Waals surface area contributed by atoms with Crippen LogP contribution in [0.25, 0.3) is 0 Å². The van der Waals surface area contributed by atoms with Crippen LogP contribution in [0.15, 0.2) is 25.3 Å². The van der Waals surface area contributed by atoms with Crippen LogP contribution in [-0.4, -0.2) is 85.7 Å². The lowest BCUT2D eigenvalue weighted by Crippen LogP contribution is -2.66. The van der Waals surface area contributed by atoms with Gasteiger partial charge in [0.15, 0.2) is 14.6 Å². The first-order valence-corrected chi connectivity index (χ1v) is 19.6. The molecule has 0 aromatic rings. The van der Waals surface area contributed by atoms with E-state index in [2.05, 4.69) is 59.7 Å². The highest BCUT2D eigenvalue weighted by Gasteiger charge is 2.52. The van der Waals surface area contributed by atoms with Gasteiger partial charge in [0.2, 0.25) is 0 Å². The summed E-state index contributed by atoms with van der Waals surface area (Å²) in [7, 11) is -3.22. The number of phosphoric ester groups is 1. The molecular weight excluding hydrogens is 577 g/mol. The number of hydrogen-bond acceptors (Lipinski definition) is 10. The monoisotopic (exact) mass is 639 g/mol. The molecule has 1 rings (SSSR count). The summed E-state index contributed by atoms with van der Waals surface area (Å²) >= 11 is 0. The molecule has 0 aromatic heterocycles. The third-order valence-corrected chi connectivity index (χ3v) is 13.7. The quantitative estimate of drug-likeness (QED) is 0.0526. The van der Waals surface area contributed by atoms with Crippen LogP contribution >= 0.6 is 7.82 Å². The second-order valence-corrected chi connectivity index (χ2v) is 18.7. The van der Waals surface area contributed by atoms with Crippen molar-refractivity contribution in [2.24, 2.45) is 5.73 Å². The van der Waals surface area contributed by atoms with E-state index in [-0.39, 0.29) is 31.0 Å². The fraction of sp³-hybridized carbons (Fsp3) is 0.867. The van der Waals surface area contributed by atoms with Crippen molar-refractivity contribution in [3.8, 4) is 0 Å². The number of methoxy groups -OCH3 is 2. The van der Waals surface area contributed by atoms with E-state index < -0.39 is 46.8 Å². The molecule has 1 unspecified atom stereocenters. The highest BCUT2D eigenvalue weighted by atomic mass is 31.2. The van der Waals surface area contributed by atoms with Gasteiger partial charge in [-0.25, -0.2) is 4.57 Å². The SMILES string of the molecule is [3H]N[C@H]1[C@H](O[Si](C)(C)C(C)(C)C)O[C@H](COC)C(OP(=O)(OCC=C)OCC=C)[C@@H]1OCC[C@@H](CCCCCCC)OC. The van der Waals surface area contributed by atoms with Crippen molar-refractivity contribution < 1.29 is 42.9 Å². The Morgan fingerprint density at radius 2 is 1.69 bits per heavy atom. The smallest absolute Gasteiger partial charge is 0.391 e. The zero-order valence-electron chi connectivity index (χ0n) is 28.4. The van der Waals surface area contributed by atoms with Crippen molar-refractivity contribution in [3.05, 3.63) is 25.3 Å². The van der Waals surface area contributed by atoms with Gasteiger partial charge < -0.3 is 29.1 Å². The summed E-state index contributed by atoms with van der Waals surface area (Å²) in [4.78, 5) is 0. The Morgan fingerprint density at radius 1 is 1.05 bits per heavy atom. The molecule has 12 heteroatoms. The van der Waals surface area contributed by atoms with Crippen molar-refractivity contribution in [3.63, 3.8) is 0 Å². The van der Waals surface area contributed by atoms with E-state index in [1.165, 1.54) is 37.8 Å². The average Bonchev–Trinajstić information content (AvgIpc) is 2.95. The van der Waals surface area contributed by atoms with Crippen molar-refractivity contribution in [2.45, 2.75) is 128 Å². The molecule has 248 valence electrons. The molecule has 1 aliphatic rings. The highest BCUT2D eigenvalue weighted by molar-refractivity contribution is 7.48. The molecule has 1 heterocycles. The Kier molecular flexibility index (Phi) is 17.8. The molecule has 42 heavy (non-hydrogen) atoms. The lowest BCUT2D eigenvalue weighted by Gasteiger charge is -2.48. The molecule has 10 nitrogen and oxygen atoms in total. The normalized spacial score (nSPS) is 24.8.